The monoisotopic (exact) mass is 313 g/mol. The van der Waals surface area contributed by atoms with E-state index < -0.39 is 8.07 Å². The lowest BCUT2D eigenvalue weighted by Gasteiger charge is -2.32. The van der Waals surface area contributed by atoms with E-state index >= 15 is 0 Å². The maximum absolute atomic E-state index is 5.58. The third-order valence-corrected chi connectivity index (χ3v) is 10.8. The van der Waals surface area contributed by atoms with Crippen LogP contribution in [0, 0.1) is 0 Å². The molecular formula is C19H43NSi. The summed E-state index contributed by atoms with van der Waals surface area (Å²) in [4.78, 5) is 0. The minimum atomic E-state index is -0.952. The second-order valence-electron chi connectivity index (χ2n) is 7.12. The molecule has 0 heterocycles. The summed E-state index contributed by atoms with van der Waals surface area (Å²) in [5.74, 6) is 0. The van der Waals surface area contributed by atoms with Crippen molar-refractivity contribution in [3.8, 4) is 0 Å². The van der Waals surface area contributed by atoms with E-state index in [-0.39, 0.29) is 0 Å². The van der Waals surface area contributed by atoms with Gasteiger partial charge in [0.15, 0.2) is 0 Å². The fourth-order valence-electron chi connectivity index (χ4n) is 3.58. The van der Waals surface area contributed by atoms with Gasteiger partial charge < -0.3 is 5.73 Å². The van der Waals surface area contributed by atoms with Crippen molar-refractivity contribution in [2.75, 3.05) is 6.54 Å². The Labute approximate surface area is 136 Å². The highest BCUT2D eigenvalue weighted by atomic mass is 28.3. The minimum Gasteiger partial charge on any atom is -0.330 e. The highest BCUT2D eigenvalue weighted by Gasteiger charge is 2.29. The van der Waals surface area contributed by atoms with Gasteiger partial charge >= 0.3 is 0 Å². The Morgan fingerprint density at radius 1 is 0.524 bits per heavy atom. The molecule has 0 aromatic rings. The van der Waals surface area contributed by atoms with E-state index in [0.717, 1.165) is 6.54 Å². The van der Waals surface area contributed by atoms with Crippen molar-refractivity contribution < 1.29 is 0 Å². The first-order valence-corrected chi connectivity index (χ1v) is 12.8. The molecule has 0 atom stereocenters. The zero-order valence-corrected chi connectivity index (χ0v) is 16.4. The molecule has 128 valence electrons. The van der Waals surface area contributed by atoms with Crippen LogP contribution in [-0.2, 0) is 0 Å². The van der Waals surface area contributed by atoms with Crippen molar-refractivity contribution in [2.45, 2.75) is 116 Å². The van der Waals surface area contributed by atoms with Crippen molar-refractivity contribution in [1.29, 1.82) is 0 Å². The van der Waals surface area contributed by atoms with Gasteiger partial charge in [-0.3, -0.25) is 0 Å². The third-order valence-electron chi connectivity index (χ3n) is 5.09. The summed E-state index contributed by atoms with van der Waals surface area (Å²) in [5.41, 5.74) is 5.58. The summed E-state index contributed by atoms with van der Waals surface area (Å²) < 4.78 is 0. The van der Waals surface area contributed by atoms with Crippen LogP contribution < -0.4 is 5.73 Å². The molecule has 0 aliphatic heterocycles. The van der Waals surface area contributed by atoms with Crippen LogP contribution in [0.5, 0.6) is 0 Å². The Morgan fingerprint density at radius 3 is 1.33 bits per heavy atom. The molecule has 2 N–H and O–H groups in total. The van der Waals surface area contributed by atoms with Gasteiger partial charge in [0.05, 0.1) is 8.07 Å². The average molecular weight is 314 g/mol. The Hall–Kier alpha value is 0.177. The van der Waals surface area contributed by atoms with E-state index in [9.17, 15) is 0 Å². The normalized spacial score (nSPS) is 12.0. The number of nitrogens with two attached hydrogens (primary N) is 1. The molecule has 0 unspecified atom stereocenters. The fourth-order valence-corrected chi connectivity index (χ4v) is 9.39. The van der Waals surface area contributed by atoms with E-state index in [2.05, 4.69) is 20.8 Å². The van der Waals surface area contributed by atoms with Crippen molar-refractivity contribution in [3.05, 3.63) is 0 Å². The summed E-state index contributed by atoms with van der Waals surface area (Å²) in [6.45, 7) is 7.98. The maximum Gasteiger partial charge on any atom is 0.0535 e. The lowest BCUT2D eigenvalue weighted by Crippen LogP contribution is -2.33. The molecule has 0 spiro atoms. The van der Waals surface area contributed by atoms with Crippen LogP contribution in [0.4, 0.5) is 0 Å². The molecule has 0 saturated carbocycles. The summed E-state index contributed by atoms with van der Waals surface area (Å²) in [7, 11) is -0.952. The summed E-state index contributed by atoms with van der Waals surface area (Å²) in [6, 6.07) is 6.47. The second-order valence-corrected chi connectivity index (χ2v) is 12.1. The highest BCUT2D eigenvalue weighted by Crippen LogP contribution is 2.34. The first-order chi connectivity index (χ1) is 10.2. The summed E-state index contributed by atoms with van der Waals surface area (Å²) >= 11 is 0. The summed E-state index contributed by atoms with van der Waals surface area (Å²) in [5, 5.41) is 0. The van der Waals surface area contributed by atoms with Crippen LogP contribution in [0.25, 0.3) is 0 Å². The molecule has 0 aromatic heterocycles. The zero-order valence-electron chi connectivity index (χ0n) is 15.4. The number of unbranched alkanes of at least 4 members (excludes halogenated alkanes) is 7. The van der Waals surface area contributed by atoms with E-state index in [4.69, 9.17) is 5.73 Å². The largest absolute Gasteiger partial charge is 0.330 e. The van der Waals surface area contributed by atoms with Gasteiger partial charge in [-0.15, -0.1) is 0 Å². The first kappa shape index (κ1) is 21.2. The predicted octanol–water partition coefficient (Wildman–Crippen LogP) is 6.74. The Balaban J connectivity index is 4.28. The van der Waals surface area contributed by atoms with E-state index in [1.807, 2.05) is 0 Å². The van der Waals surface area contributed by atoms with Crippen molar-refractivity contribution in [2.24, 2.45) is 5.73 Å². The number of hydrogen-bond acceptors (Lipinski definition) is 1. The third kappa shape index (κ3) is 11.4. The number of rotatable bonds is 16. The molecule has 21 heavy (non-hydrogen) atoms. The van der Waals surface area contributed by atoms with E-state index in [0.29, 0.717) is 0 Å². The molecule has 1 nitrogen and oxygen atoms in total. The average Bonchev–Trinajstić information content (AvgIpc) is 2.51. The molecule has 0 saturated heterocycles. The van der Waals surface area contributed by atoms with Gasteiger partial charge in [-0.1, -0.05) is 109 Å². The minimum absolute atomic E-state index is 0.877. The molecule has 2 heteroatoms. The van der Waals surface area contributed by atoms with Gasteiger partial charge in [0.2, 0.25) is 0 Å². The van der Waals surface area contributed by atoms with E-state index in [1.54, 1.807) is 24.2 Å². The standard InChI is InChI=1S/C19H43NSi/c1-4-7-16-21(17-8-5-2,18-9-6-3)19-14-12-10-11-13-15-20/h4-20H2,1-3H3. The van der Waals surface area contributed by atoms with Gasteiger partial charge in [0.25, 0.3) is 0 Å². The van der Waals surface area contributed by atoms with E-state index in [1.165, 1.54) is 70.6 Å². The van der Waals surface area contributed by atoms with Crippen LogP contribution >= 0.6 is 0 Å². The predicted molar refractivity (Wildman–Crippen MR) is 102 cm³/mol. The Morgan fingerprint density at radius 2 is 0.905 bits per heavy atom. The molecule has 0 rings (SSSR count). The van der Waals surface area contributed by atoms with Gasteiger partial charge in [0.1, 0.15) is 0 Å². The summed E-state index contributed by atoms with van der Waals surface area (Å²) in [6.07, 6.45) is 15.6. The van der Waals surface area contributed by atoms with Gasteiger partial charge in [-0.05, 0) is 13.0 Å². The van der Waals surface area contributed by atoms with Crippen molar-refractivity contribution >= 4 is 8.07 Å². The lowest BCUT2D eigenvalue weighted by atomic mass is 10.2. The van der Waals surface area contributed by atoms with Gasteiger partial charge in [-0.25, -0.2) is 0 Å². The second kappa shape index (κ2) is 15.1. The first-order valence-electron chi connectivity index (χ1n) is 9.94. The quantitative estimate of drug-likeness (QED) is 0.248. The molecule has 0 aliphatic carbocycles. The molecule has 0 aliphatic rings. The molecule has 0 amide bonds. The van der Waals surface area contributed by atoms with Crippen LogP contribution in [0.15, 0.2) is 0 Å². The topological polar surface area (TPSA) is 26.0 Å². The van der Waals surface area contributed by atoms with Crippen LogP contribution in [0.2, 0.25) is 24.2 Å². The van der Waals surface area contributed by atoms with Gasteiger partial charge in [0, 0.05) is 0 Å². The van der Waals surface area contributed by atoms with Crippen molar-refractivity contribution in [3.63, 3.8) is 0 Å². The smallest absolute Gasteiger partial charge is 0.0535 e. The Kier molecular flexibility index (Phi) is 15.2. The molecule has 0 radical (unpaired) electrons. The molecular weight excluding hydrogens is 270 g/mol. The van der Waals surface area contributed by atoms with Crippen LogP contribution in [0.3, 0.4) is 0 Å². The fraction of sp³-hybridized carbons (Fsp3) is 1.00. The molecule has 0 aromatic carbocycles. The van der Waals surface area contributed by atoms with Gasteiger partial charge in [-0.2, -0.15) is 0 Å². The SMILES string of the molecule is CCCC[Si](CCCC)(CCCC)CCCCCCCN. The number of hydrogen-bond donors (Lipinski definition) is 1. The lowest BCUT2D eigenvalue weighted by molar-refractivity contribution is 0.631. The van der Waals surface area contributed by atoms with Crippen LogP contribution in [-0.4, -0.2) is 14.6 Å². The Bertz CT molecular complexity index is 184. The molecule has 0 fully saturated rings. The molecule has 0 bridgehead atoms. The zero-order chi connectivity index (χ0) is 15.8. The highest BCUT2D eigenvalue weighted by molar-refractivity contribution is 6.79. The maximum atomic E-state index is 5.58. The van der Waals surface area contributed by atoms with Crippen LogP contribution in [0.1, 0.15) is 91.4 Å². The van der Waals surface area contributed by atoms with Crippen molar-refractivity contribution in [1.82, 2.24) is 0 Å².